The molecule has 0 bridgehead atoms. The number of halogens is 1. The van der Waals surface area contributed by atoms with Crippen molar-refractivity contribution in [2.45, 2.75) is 24.8 Å². The second kappa shape index (κ2) is 12.8. The van der Waals surface area contributed by atoms with Crippen LogP contribution in [0.1, 0.15) is 16.7 Å². The molecule has 0 radical (unpaired) electrons. The van der Waals surface area contributed by atoms with Crippen LogP contribution in [-0.2, 0) is 28.3 Å². The summed E-state index contributed by atoms with van der Waals surface area (Å²) >= 11 is 1.44. The van der Waals surface area contributed by atoms with Crippen LogP contribution in [0.5, 0.6) is 5.75 Å². The molecule has 0 saturated heterocycles. The van der Waals surface area contributed by atoms with Crippen molar-refractivity contribution >= 4 is 23.6 Å². The molecule has 0 aliphatic heterocycles. The van der Waals surface area contributed by atoms with E-state index in [1.165, 1.54) is 23.9 Å². The lowest BCUT2D eigenvalue weighted by molar-refractivity contribution is -0.139. The minimum atomic E-state index is -0.669. The van der Waals surface area contributed by atoms with Crippen LogP contribution in [0.25, 0.3) is 0 Å². The van der Waals surface area contributed by atoms with E-state index in [0.29, 0.717) is 17.9 Å². The van der Waals surface area contributed by atoms with Gasteiger partial charge >= 0.3 is 0 Å². The van der Waals surface area contributed by atoms with Crippen LogP contribution in [0.15, 0.2) is 78.9 Å². The van der Waals surface area contributed by atoms with Gasteiger partial charge in [-0.2, -0.15) is 0 Å². The van der Waals surface area contributed by atoms with Crippen LogP contribution in [0.3, 0.4) is 0 Å². The van der Waals surface area contributed by atoms with Crippen LogP contribution in [0.4, 0.5) is 4.39 Å². The number of carbonyl (C=O) groups excluding carboxylic acids is 2. The Hall–Kier alpha value is -3.32. The van der Waals surface area contributed by atoms with Crippen LogP contribution in [-0.4, -0.2) is 42.7 Å². The topological polar surface area (TPSA) is 58.6 Å². The Morgan fingerprint density at radius 3 is 2.35 bits per heavy atom. The highest BCUT2D eigenvalue weighted by molar-refractivity contribution is 7.99. The number of nitrogens with one attached hydrogen (secondary N) is 1. The fraction of sp³-hybridized carbons (Fsp3) is 0.259. The minimum Gasteiger partial charge on any atom is -0.497 e. The Morgan fingerprint density at radius 2 is 1.68 bits per heavy atom. The Labute approximate surface area is 204 Å². The van der Waals surface area contributed by atoms with E-state index < -0.39 is 6.04 Å². The average Bonchev–Trinajstić information content (AvgIpc) is 2.87. The summed E-state index contributed by atoms with van der Waals surface area (Å²) in [7, 11) is 3.18. The standard InChI is InChI=1S/C27H29FN2O3S/c1-29-27(32)25(16-20-7-4-3-5-8-20)30(17-22-9-6-10-24(15-22)33-2)26(31)19-34-18-21-11-13-23(28)14-12-21/h3-15,25H,16-19H2,1-2H3,(H,29,32)/t25-/m0/s1. The molecule has 3 rings (SSSR count). The van der Waals surface area contributed by atoms with Crippen molar-refractivity contribution in [2.75, 3.05) is 19.9 Å². The Bertz CT molecular complexity index is 1080. The molecular formula is C27H29FN2O3S. The first-order chi connectivity index (χ1) is 16.5. The van der Waals surface area contributed by atoms with E-state index in [1.54, 1.807) is 31.2 Å². The van der Waals surface area contributed by atoms with Gasteiger partial charge in [0.05, 0.1) is 12.9 Å². The molecule has 0 aromatic heterocycles. The summed E-state index contributed by atoms with van der Waals surface area (Å²) in [6.45, 7) is 0.276. The molecule has 0 fully saturated rings. The molecule has 0 unspecified atom stereocenters. The molecule has 0 spiro atoms. The molecule has 7 heteroatoms. The van der Waals surface area contributed by atoms with Gasteiger partial charge in [-0.25, -0.2) is 4.39 Å². The van der Waals surface area contributed by atoms with Gasteiger partial charge in [0.15, 0.2) is 0 Å². The quantitative estimate of drug-likeness (QED) is 0.441. The fourth-order valence-electron chi connectivity index (χ4n) is 3.61. The summed E-state index contributed by atoms with van der Waals surface area (Å²) in [6.07, 6.45) is 0.402. The minimum absolute atomic E-state index is 0.139. The molecule has 178 valence electrons. The van der Waals surface area contributed by atoms with Crippen molar-refractivity contribution < 1.29 is 18.7 Å². The number of likely N-dealkylation sites (N-methyl/N-ethyl adjacent to an activating group) is 1. The van der Waals surface area contributed by atoms with E-state index in [0.717, 1.165) is 16.7 Å². The summed E-state index contributed by atoms with van der Waals surface area (Å²) in [5.74, 6) is 0.813. The molecule has 0 aliphatic carbocycles. The number of hydrogen-bond acceptors (Lipinski definition) is 4. The first-order valence-electron chi connectivity index (χ1n) is 11.0. The maximum absolute atomic E-state index is 13.4. The number of nitrogens with zero attached hydrogens (tertiary/aromatic N) is 1. The van der Waals surface area contributed by atoms with Gasteiger partial charge in [0, 0.05) is 25.8 Å². The Morgan fingerprint density at radius 1 is 0.971 bits per heavy atom. The summed E-state index contributed by atoms with van der Waals surface area (Å²) in [4.78, 5) is 28.0. The summed E-state index contributed by atoms with van der Waals surface area (Å²) in [6, 6.07) is 22.7. The van der Waals surface area contributed by atoms with Crippen molar-refractivity contribution in [1.29, 1.82) is 0 Å². The number of amides is 2. The summed E-state index contributed by atoms with van der Waals surface area (Å²) < 4.78 is 18.5. The number of benzene rings is 3. The second-order valence-corrected chi connectivity index (χ2v) is 8.80. The molecule has 34 heavy (non-hydrogen) atoms. The molecule has 0 heterocycles. The lowest BCUT2D eigenvalue weighted by Crippen LogP contribution is -2.50. The molecule has 0 aliphatic rings. The summed E-state index contributed by atoms with van der Waals surface area (Å²) in [5, 5.41) is 2.72. The summed E-state index contributed by atoms with van der Waals surface area (Å²) in [5.41, 5.74) is 2.78. The highest BCUT2D eigenvalue weighted by Gasteiger charge is 2.29. The van der Waals surface area contributed by atoms with Crippen molar-refractivity contribution in [1.82, 2.24) is 10.2 Å². The van der Waals surface area contributed by atoms with Crippen LogP contribution in [0, 0.1) is 5.82 Å². The normalized spacial score (nSPS) is 11.5. The fourth-order valence-corrected chi connectivity index (χ4v) is 4.48. The van der Waals surface area contributed by atoms with E-state index in [9.17, 15) is 14.0 Å². The van der Waals surface area contributed by atoms with Crippen molar-refractivity contribution in [2.24, 2.45) is 0 Å². The van der Waals surface area contributed by atoms with Crippen LogP contribution in [0.2, 0.25) is 0 Å². The van der Waals surface area contributed by atoms with Gasteiger partial charge in [0.2, 0.25) is 11.8 Å². The zero-order valence-electron chi connectivity index (χ0n) is 19.4. The van der Waals surface area contributed by atoms with E-state index in [1.807, 2.05) is 54.6 Å². The monoisotopic (exact) mass is 480 g/mol. The lowest BCUT2D eigenvalue weighted by Gasteiger charge is -2.31. The third kappa shape index (κ3) is 7.35. The van der Waals surface area contributed by atoms with Gasteiger partial charge in [-0.1, -0.05) is 54.6 Å². The zero-order chi connectivity index (χ0) is 24.3. The Kier molecular flexibility index (Phi) is 9.52. The molecule has 3 aromatic carbocycles. The van der Waals surface area contributed by atoms with Gasteiger partial charge < -0.3 is 15.0 Å². The zero-order valence-corrected chi connectivity index (χ0v) is 20.2. The van der Waals surface area contributed by atoms with Crippen LogP contribution < -0.4 is 10.1 Å². The average molecular weight is 481 g/mol. The number of thioether (sulfide) groups is 1. The number of rotatable bonds is 11. The third-order valence-electron chi connectivity index (χ3n) is 5.41. The molecular weight excluding hydrogens is 451 g/mol. The molecule has 1 N–H and O–H groups in total. The molecule has 0 saturated carbocycles. The molecule has 2 amide bonds. The second-order valence-electron chi connectivity index (χ2n) is 7.81. The number of methoxy groups -OCH3 is 1. The molecule has 5 nitrogen and oxygen atoms in total. The molecule has 3 aromatic rings. The van der Waals surface area contributed by atoms with E-state index in [4.69, 9.17) is 4.74 Å². The van der Waals surface area contributed by atoms with Gasteiger partial charge in [0.1, 0.15) is 17.6 Å². The number of carbonyl (C=O) groups is 2. The first-order valence-corrected chi connectivity index (χ1v) is 12.2. The number of hydrogen-bond donors (Lipinski definition) is 1. The number of ether oxygens (including phenoxy) is 1. The third-order valence-corrected chi connectivity index (χ3v) is 6.40. The van der Waals surface area contributed by atoms with Gasteiger partial charge in [-0.15, -0.1) is 11.8 Å². The smallest absolute Gasteiger partial charge is 0.242 e. The molecule has 1 atom stereocenters. The largest absolute Gasteiger partial charge is 0.497 e. The SMILES string of the molecule is CNC(=O)[C@H](Cc1ccccc1)N(Cc1cccc(OC)c1)C(=O)CSCc1ccc(F)cc1. The van der Waals surface area contributed by atoms with Gasteiger partial charge in [-0.05, 0) is 41.0 Å². The van der Waals surface area contributed by atoms with Crippen molar-refractivity contribution in [3.8, 4) is 5.75 Å². The lowest BCUT2D eigenvalue weighted by atomic mass is 10.0. The van der Waals surface area contributed by atoms with Gasteiger partial charge in [-0.3, -0.25) is 9.59 Å². The van der Waals surface area contributed by atoms with Crippen molar-refractivity contribution in [3.05, 3.63) is 101 Å². The van der Waals surface area contributed by atoms with E-state index in [-0.39, 0.29) is 29.9 Å². The van der Waals surface area contributed by atoms with Crippen LogP contribution >= 0.6 is 11.8 Å². The highest BCUT2D eigenvalue weighted by Crippen LogP contribution is 2.20. The van der Waals surface area contributed by atoms with E-state index >= 15 is 0 Å². The Balaban J connectivity index is 1.81. The maximum atomic E-state index is 13.4. The first kappa shape index (κ1) is 25.3. The van der Waals surface area contributed by atoms with E-state index in [2.05, 4.69) is 5.32 Å². The maximum Gasteiger partial charge on any atom is 0.242 e. The van der Waals surface area contributed by atoms with Gasteiger partial charge in [0.25, 0.3) is 0 Å². The highest BCUT2D eigenvalue weighted by atomic mass is 32.2. The predicted molar refractivity (Wildman–Crippen MR) is 134 cm³/mol. The predicted octanol–water partition coefficient (Wildman–Crippen LogP) is 4.45. The van der Waals surface area contributed by atoms with Crippen molar-refractivity contribution in [3.63, 3.8) is 0 Å².